The molecule has 2 heterocycles. The number of ether oxygens (including phenoxy) is 3. The molecule has 2 aliphatic heterocycles. The molecule has 0 aromatic rings. The number of hydrogen-bond acceptors (Lipinski definition) is 5. The van der Waals surface area contributed by atoms with Crippen molar-refractivity contribution in [2.75, 3.05) is 26.4 Å². The van der Waals surface area contributed by atoms with E-state index >= 15 is 0 Å². The van der Waals surface area contributed by atoms with Gasteiger partial charge in [0.2, 0.25) is 0 Å². The fourth-order valence-corrected chi connectivity index (χ4v) is 0.659. The first-order valence-corrected chi connectivity index (χ1v) is 5.26. The van der Waals surface area contributed by atoms with Crippen LogP contribution in [0.15, 0.2) is 0 Å². The van der Waals surface area contributed by atoms with Gasteiger partial charge in [0.15, 0.2) is 6.29 Å². The van der Waals surface area contributed by atoms with E-state index in [1.807, 2.05) is 0 Å². The molecule has 5 nitrogen and oxygen atoms in total. The van der Waals surface area contributed by atoms with Crippen molar-refractivity contribution in [3.8, 4) is 0 Å². The van der Waals surface area contributed by atoms with Crippen molar-refractivity contribution in [1.82, 2.24) is 0 Å². The maximum Gasteiger partial charge on any atom is 0.153 e. The third kappa shape index (κ3) is 7.70. The van der Waals surface area contributed by atoms with Crippen LogP contribution in [-0.2, 0) is 14.2 Å². The van der Waals surface area contributed by atoms with Gasteiger partial charge in [-0.15, -0.1) is 0 Å². The van der Waals surface area contributed by atoms with Crippen molar-refractivity contribution < 1.29 is 24.4 Å². The Morgan fingerprint density at radius 3 is 1.67 bits per heavy atom. The molecule has 0 amide bonds. The molecule has 0 spiro atoms. The largest absolute Gasteiger partial charge is 0.376 e. The molecule has 15 heavy (non-hydrogen) atoms. The Labute approximate surface area is 89.9 Å². The molecule has 2 N–H and O–H groups in total. The lowest BCUT2D eigenvalue weighted by molar-refractivity contribution is -0.0731. The van der Waals surface area contributed by atoms with Crippen LogP contribution >= 0.6 is 0 Å². The second kappa shape index (κ2) is 6.40. The predicted octanol–water partition coefficient (Wildman–Crippen LogP) is -0.246. The van der Waals surface area contributed by atoms with Gasteiger partial charge in [-0.05, 0) is 0 Å². The minimum atomic E-state index is -1.15. The first kappa shape index (κ1) is 12.9. The average molecular weight is 220 g/mol. The zero-order valence-electron chi connectivity index (χ0n) is 9.26. The molecule has 90 valence electrons. The van der Waals surface area contributed by atoms with Crippen LogP contribution in [0.3, 0.4) is 0 Å². The van der Waals surface area contributed by atoms with Gasteiger partial charge in [-0.2, -0.15) is 0 Å². The van der Waals surface area contributed by atoms with Gasteiger partial charge in [0.25, 0.3) is 0 Å². The average Bonchev–Trinajstić information content (AvgIpc) is 2.99. The summed E-state index contributed by atoms with van der Waals surface area (Å²) < 4.78 is 15.1. The molecular formula is C10H20O5. The first-order valence-electron chi connectivity index (χ1n) is 5.26. The molecule has 0 radical (unpaired) electrons. The van der Waals surface area contributed by atoms with E-state index in [2.05, 4.69) is 0 Å². The molecule has 2 aliphatic rings. The van der Waals surface area contributed by atoms with E-state index in [1.54, 1.807) is 13.8 Å². The molecule has 2 saturated heterocycles. The number of rotatable bonds is 5. The minimum Gasteiger partial charge on any atom is -0.376 e. The van der Waals surface area contributed by atoms with Crippen LogP contribution in [0.4, 0.5) is 0 Å². The van der Waals surface area contributed by atoms with Crippen molar-refractivity contribution in [3.63, 3.8) is 0 Å². The highest BCUT2D eigenvalue weighted by atomic mass is 16.6. The molecule has 0 aliphatic carbocycles. The van der Waals surface area contributed by atoms with Crippen molar-refractivity contribution >= 4 is 0 Å². The molecule has 0 aromatic carbocycles. The van der Waals surface area contributed by atoms with E-state index in [4.69, 9.17) is 24.4 Å². The Bertz CT molecular complexity index is 145. The molecule has 0 saturated carbocycles. The standard InChI is InChI=1S/C6H10O3.C4H10O2/c1(5-3-8-5)7-2-6-4-9-6;1-3(2)4(5)6/h5-6H,1-4H2;3-6H,1-2H3. The molecule has 5 heteroatoms. The summed E-state index contributed by atoms with van der Waals surface area (Å²) in [5.41, 5.74) is 0. The molecule has 2 fully saturated rings. The Morgan fingerprint density at radius 1 is 1.13 bits per heavy atom. The van der Waals surface area contributed by atoms with Crippen LogP contribution < -0.4 is 0 Å². The Morgan fingerprint density at radius 2 is 1.47 bits per heavy atom. The maximum atomic E-state index is 8.19. The summed E-state index contributed by atoms with van der Waals surface area (Å²) in [5.74, 6) is -0.0370. The fourth-order valence-electron chi connectivity index (χ4n) is 0.659. The van der Waals surface area contributed by atoms with Crippen LogP contribution in [0.1, 0.15) is 13.8 Å². The Hall–Kier alpha value is -0.200. The highest BCUT2D eigenvalue weighted by Crippen LogP contribution is 2.12. The van der Waals surface area contributed by atoms with Gasteiger partial charge in [-0.25, -0.2) is 0 Å². The molecule has 0 bridgehead atoms. The van der Waals surface area contributed by atoms with Crippen molar-refractivity contribution in [3.05, 3.63) is 0 Å². The van der Waals surface area contributed by atoms with Crippen molar-refractivity contribution in [1.29, 1.82) is 0 Å². The van der Waals surface area contributed by atoms with E-state index in [1.165, 1.54) is 0 Å². The lowest BCUT2D eigenvalue weighted by atomic mass is 10.2. The summed E-state index contributed by atoms with van der Waals surface area (Å²) in [5, 5.41) is 16.4. The van der Waals surface area contributed by atoms with Crippen molar-refractivity contribution in [2.24, 2.45) is 5.92 Å². The van der Waals surface area contributed by atoms with Crippen LogP contribution in [0.25, 0.3) is 0 Å². The van der Waals surface area contributed by atoms with Gasteiger partial charge >= 0.3 is 0 Å². The van der Waals surface area contributed by atoms with Crippen LogP contribution in [0.2, 0.25) is 0 Å². The van der Waals surface area contributed by atoms with E-state index in [0.29, 0.717) is 12.2 Å². The van der Waals surface area contributed by atoms with Gasteiger partial charge < -0.3 is 24.4 Å². The van der Waals surface area contributed by atoms with Gasteiger partial charge in [0, 0.05) is 5.92 Å². The molecule has 2 atom stereocenters. The van der Waals surface area contributed by atoms with Gasteiger partial charge in [-0.1, -0.05) is 13.8 Å². The van der Waals surface area contributed by atoms with Crippen LogP contribution in [0, 0.1) is 5.92 Å². The smallest absolute Gasteiger partial charge is 0.153 e. The van der Waals surface area contributed by atoms with Gasteiger partial charge in [-0.3, -0.25) is 0 Å². The van der Waals surface area contributed by atoms with E-state index in [-0.39, 0.29) is 5.92 Å². The van der Waals surface area contributed by atoms with Crippen LogP contribution in [-0.4, -0.2) is 55.1 Å². The lowest BCUT2D eigenvalue weighted by Crippen LogP contribution is -2.11. The number of aliphatic hydroxyl groups excluding tert-OH is 1. The highest BCUT2D eigenvalue weighted by molar-refractivity contribution is 4.71. The summed E-state index contributed by atoms with van der Waals surface area (Å²) in [6.07, 6.45) is -0.363. The lowest BCUT2D eigenvalue weighted by Gasteiger charge is -2.03. The monoisotopic (exact) mass is 220 g/mol. The SMILES string of the molecule is C(OCC1CO1)C1CO1.CC(C)C(O)O. The number of hydrogen-bond donors (Lipinski definition) is 2. The summed E-state index contributed by atoms with van der Waals surface area (Å²) in [6.45, 7) is 6.74. The summed E-state index contributed by atoms with van der Waals surface area (Å²) in [6, 6.07) is 0. The fraction of sp³-hybridized carbons (Fsp3) is 1.00. The van der Waals surface area contributed by atoms with Gasteiger partial charge in [0.1, 0.15) is 12.2 Å². The normalized spacial score (nSPS) is 27.6. The van der Waals surface area contributed by atoms with Crippen LogP contribution in [0.5, 0.6) is 0 Å². The molecule has 2 rings (SSSR count). The molecule has 0 aromatic heterocycles. The zero-order chi connectivity index (χ0) is 11.3. The third-order valence-electron chi connectivity index (χ3n) is 2.01. The zero-order valence-corrected chi connectivity index (χ0v) is 9.26. The number of epoxide rings is 2. The topological polar surface area (TPSA) is 74.8 Å². The summed E-state index contributed by atoms with van der Waals surface area (Å²) in [4.78, 5) is 0. The molecular weight excluding hydrogens is 200 g/mol. The third-order valence-corrected chi connectivity index (χ3v) is 2.01. The first-order chi connectivity index (χ1) is 7.09. The highest BCUT2D eigenvalue weighted by Gasteiger charge is 2.26. The quantitative estimate of drug-likeness (QED) is 0.494. The maximum absolute atomic E-state index is 8.19. The predicted molar refractivity (Wildman–Crippen MR) is 53.4 cm³/mol. The van der Waals surface area contributed by atoms with E-state index in [9.17, 15) is 0 Å². The molecule has 2 unspecified atom stereocenters. The summed E-state index contributed by atoms with van der Waals surface area (Å²) >= 11 is 0. The second-order valence-electron chi connectivity index (χ2n) is 4.11. The Balaban J connectivity index is 0.000000167. The van der Waals surface area contributed by atoms with E-state index < -0.39 is 6.29 Å². The number of aliphatic hydroxyl groups is 2. The van der Waals surface area contributed by atoms with Gasteiger partial charge in [0.05, 0.1) is 26.4 Å². The summed E-state index contributed by atoms with van der Waals surface area (Å²) in [7, 11) is 0. The van der Waals surface area contributed by atoms with Crippen molar-refractivity contribution in [2.45, 2.75) is 32.3 Å². The van der Waals surface area contributed by atoms with E-state index in [0.717, 1.165) is 26.4 Å². The second-order valence-corrected chi connectivity index (χ2v) is 4.11. The minimum absolute atomic E-state index is 0.0370. The Kier molecular flexibility index (Phi) is 5.49.